The fourth-order valence-corrected chi connectivity index (χ4v) is 4.01. The van der Waals surface area contributed by atoms with Gasteiger partial charge in [0.25, 0.3) is 0 Å². The van der Waals surface area contributed by atoms with E-state index in [0.717, 1.165) is 38.7 Å². The van der Waals surface area contributed by atoms with Crippen LogP contribution in [0.2, 0.25) is 0 Å². The van der Waals surface area contributed by atoms with Crippen LogP contribution in [0.4, 0.5) is 0 Å². The molecule has 1 unspecified atom stereocenters. The zero-order valence-electron chi connectivity index (χ0n) is 15.2. The Hall–Kier alpha value is -3.91. The molecule has 0 bridgehead atoms. The largest absolute Gasteiger partial charge is 0.497 e. The topological polar surface area (TPSA) is 84.1 Å². The second kappa shape index (κ2) is 6.07. The maximum atomic E-state index is 9.78. The molecular formula is C23H17N3O2. The molecule has 0 saturated carbocycles. The normalized spacial score (nSPS) is 15.9. The molecule has 0 radical (unpaired) electrons. The van der Waals surface area contributed by atoms with Gasteiger partial charge in [-0.05, 0) is 29.8 Å². The first-order chi connectivity index (χ1) is 13.7. The standard InChI is InChI=1S/C23H17N3O2/c1-27-14-6-4-5-13(11-14)20-16-9-10-19-21(15-7-2-3-8-18(15)26-19)22(16)28-23(25)17(20)12-24/h2-11,20,26H,25H2,1H3. The smallest absolute Gasteiger partial charge is 0.205 e. The highest BCUT2D eigenvalue weighted by molar-refractivity contribution is 6.11. The molecule has 1 aliphatic heterocycles. The molecule has 0 aliphatic carbocycles. The van der Waals surface area contributed by atoms with Gasteiger partial charge >= 0.3 is 0 Å². The van der Waals surface area contributed by atoms with Crippen LogP contribution in [0.25, 0.3) is 21.8 Å². The number of rotatable bonds is 2. The molecule has 5 rings (SSSR count). The number of hydrogen-bond acceptors (Lipinski definition) is 4. The van der Waals surface area contributed by atoms with Crippen LogP contribution in [-0.4, -0.2) is 12.1 Å². The molecule has 5 heteroatoms. The van der Waals surface area contributed by atoms with E-state index in [9.17, 15) is 5.26 Å². The fraction of sp³-hybridized carbons (Fsp3) is 0.0870. The van der Waals surface area contributed by atoms with Gasteiger partial charge in [0.05, 0.1) is 23.9 Å². The molecule has 0 fully saturated rings. The van der Waals surface area contributed by atoms with Crippen LogP contribution in [0.3, 0.4) is 0 Å². The summed E-state index contributed by atoms with van der Waals surface area (Å²) in [6.45, 7) is 0. The van der Waals surface area contributed by atoms with Gasteiger partial charge in [0.1, 0.15) is 23.1 Å². The van der Waals surface area contributed by atoms with Crippen molar-refractivity contribution < 1.29 is 9.47 Å². The number of aromatic amines is 1. The number of H-pyrrole nitrogens is 1. The van der Waals surface area contributed by atoms with Crippen molar-refractivity contribution in [1.82, 2.24) is 4.98 Å². The van der Waals surface area contributed by atoms with Gasteiger partial charge in [0, 0.05) is 16.5 Å². The first kappa shape index (κ1) is 16.3. The maximum absolute atomic E-state index is 9.78. The summed E-state index contributed by atoms with van der Waals surface area (Å²) in [5.74, 6) is 1.25. The number of nitrogens with zero attached hydrogens (tertiary/aromatic N) is 1. The molecule has 0 amide bonds. The number of methoxy groups -OCH3 is 1. The third kappa shape index (κ3) is 2.25. The first-order valence-electron chi connectivity index (χ1n) is 8.96. The van der Waals surface area contributed by atoms with Gasteiger partial charge in [-0.3, -0.25) is 0 Å². The quantitative estimate of drug-likeness (QED) is 0.544. The van der Waals surface area contributed by atoms with Gasteiger partial charge in [-0.1, -0.05) is 36.4 Å². The third-order valence-corrected chi connectivity index (χ3v) is 5.28. The van der Waals surface area contributed by atoms with Gasteiger partial charge in [0.15, 0.2) is 0 Å². The summed E-state index contributed by atoms with van der Waals surface area (Å²) in [4.78, 5) is 3.42. The van der Waals surface area contributed by atoms with E-state index in [0.29, 0.717) is 11.3 Å². The van der Waals surface area contributed by atoms with Gasteiger partial charge in [-0.2, -0.15) is 5.26 Å². The zero-order chi connectivity index (χ0) is 19.3. The molecule has 1 aliphatic rings. The molecule has 0 saturated heterocycles. The SMILES string of the molecule is COc1cccc(C2C(C#N)=C(N)Oc3c2ccc2[nH]c4ccccc4c32)c1. The maximum Gasteiger partial charge on any atom is 0.205 e. The summed E-state index contributed by atoms with van der Waals surface area (Å²) in [6, 6.07) is 22.1. The minimum absolute atomic E-state index is 0.139. The average Bonchev–Trinajstić information content (AvgIpc) is 3.12. The molecule has 5 nitrogen and oxygen atoms in total. The van der Waals surface area contributed by atoms with Crippen molar-refractivity contribution >= 4 is 21.8 Å². The number of nitrogens with two attached hydrogens (primary N) is 1. The van der Waals surface area contributed by atoms with Crippen molar-refractivity contribution in [1.29, 1.82) is 5.26 Å². The first-order valence-corrected chi connectivity index (χ1v) is 8.96. The van der Waals surface area contributed by atoms with Gasteiger partial charge < -0.3 is 20.2 Å². The van der Waals surface area contributed by atoms with E-state index in [4.69, 9.17) is 15.2 Å². The molecule has 28 heavy (non-hydrogen) atoms. The monoisotopic (exact) mass is 367 g/mol. The van der Waals surface area contributed by atoms with Crippen molar-refractivity contribution in [2.75, 3.05) is 7.11 Å². The second-order valence-electron chi connectivity index (χ2n) is 6.78. The van der Waals surface area contributed by atoms with E-state index in [1.807, 2.05) is 54.6 Å². The van der Waals surface area contributed by atoms with Gasteiger partial charge in [0.2, 0.25) is 5.88 Å². The Balaban J connectivity index is 1.83. The predicted molar refractivity (Wildman–Crippen MR) is 108 cm³/mol. The van der Waals surface area contributed by atoms with Crippen LogP contribution in [0.15, 0.2) is 72.1 Å². The molecular weight excluding hydrogens is 350 g/mol. The lowest BCUT2D eigenvalue weighted by Gasteiger charge is -2.27. The van der Waals surface area contributed by atoms with Crippen LogP contribution < -0.4 is 15.2 Å². The summed E-state index contributed by atoms with van der Waals surface area (Å²) in [7, 11) is 1.63. The minimum atomic E-state index is -0.318. The van der Waals surface area contributed by atoms with Crippen LogP contribution in [0.1, 0.15) is 17.0 Å². The van der Waals surface area contributed by atoms with Crippen LogP contribution in [0, 0.1) is 11.3 Å². The number of hydrogen-bond donors (Lipinski definition) is 2. The molecule has 2 heterocycles. The van der Waals surface area contributed by atoms with Crippen LogP contribution in [-0.2, 0) is 0 Å². The molecule has 1 atom stereocenters. The van der Waals surface area contributed by atoms with E-state index >= 15 is 0 Å². The molecule has 3 aromatic carbocycles. The Labute approximate surface area is 161 Å². The van der Waals surface area contributed by atoms with E-state index in [2.05, 4.69) is 17.1 Å². The number of nitrogens with one attached hydrogen (secondary N) is 1. The Kier molecular flexibility index (Phi) is 3.53. The van der Waals surface area contributed by atoms with Crippen LogP contribution >= 0.6 is 0 Å². The Morgan fingerprint density at radius 2 is 1.93 bits per heavy atom. The molecule has 1 aromatic heterocycles. The van der Waals surface area contributed by atoms with Crippen molar-refractivity contribution in [2.45, 2.75) is 5.92 Å². The van der Waals surface area contributed by atoms with E-state index in [1.165, 1.54) is 0 Å². The Morgan fingerprint density at radius 3 is 2.75 bits per heavy atom. The average molecular weight is 367 g/mol. The molecule has 3 N–H and O–H groups in total. The molecule has 0 spiro atoms. The predicted octanol–water partition coefficient (Wildman–Crippen LogP) is 4.55. The Morgan fingerprint density at radius 1 is 1.07 bits per heavy atom. The summed E-state index contributed by atoms with van der Waals surface area (Å²) >= 11 is 0. The van der Waals surface area contributed by atoms with Crippen molar-refractivity contribution in [3.63, 3.8) is 0 Å². The highest BCUT2D eigenvalue weighted by Gasteiger charge is 2.32. The van der Waals surface area contributed by atoms with E-state index < -0.39 is 0 Å². The number of fused-ring (bicyclic) bond motifs is 5. The zero-order valence-corrected chi connectivity index (χ0v) is 15.2. The molecule has 136 valence electrons. The van der Waals surface area contributed by atoms with Crippen molar-refractivity contribution in [3.05, 3.63) is 83.2 Å². The third-order valence-electron chi connectivity index (χ3n) is 5.28. The lowest BCUT2D eigenvalue weighted by molar-refractivity contribution is 0.397. The lowest BCUT2D eigenvalue weighted by Crippen LogP contribution is -2.21. The number of allylic oxidation sites excluding steroid dienone is 1. The van der Waals surface area contributed by atoms with Crippen LogP contribution in [0.5, 0.6) is 11.5 Å². The van der Waals surface area contributed by atoms with E-state index in [-0.39, 0.29) is 11.8 Å². The Bertz CT molecular complexity index is 1310. The van der Waals surface area contributed by atoms with Gasteiger partial charge in [-0.15, -0.1) is 0 Å². The highest BCUT2D eigenvalue weighted by Crippen LogP contribution is 2.47. The second-order valence-corrected chi connectivity index (χ2v) is 6.78. The van der Waals surface area contributed by atoms with Crippen molar-refractivity contribution in [2.24, 2.45) is 5.73 Å². The summed E-state index contributed by atoms with van der Waals surface area (Å²) in [6.07, 6.45) is 0. The number of para-hydroxylation sites is 1. The lowest BCUT2D eigenvalue weighted by atomic mass is 9.82. The fourth-order valence-electron chi connectivity index (χ4n) is 4.01. The summed E-state index contributed by atoms with van der Waals surface area (Å²) in [5, 5.41) is 11.8. The van der Waals surface area contributed by atoms with E-state index in [1.54, 1.807) is 7.11 Å². The molecule has 4 aromatic rings. The minimum Gasteiger partial charge on any atom is -0.497 e. The number of benzene rings is 3. The highest BCUT2D eigenvalue weighted by atomic mass is 16.5. The summed E-state index contributed by atoms with van der Waals surface area (Å²) in [5.41, 5.74) is 10.4. The number of ether oxygens (including phenoxy) is 2. The van der Waals surface area contributed by atoms with Gasteiger partial charge in [-0.25, -0.2) is 0 Å². The number of nitriles is 1. The number of aromatic nitrogens is 1. The van der Waals surface area contributed by atoms with Crippen molar-refractivity contribution in [3.8, 4) is 17.6 Å². The summed E-state index contributed by atoms with van der Waals surface area (Å²) < 4.78 is 11.4.